The first-order chi connectivity index (χ1) is 13.7. The standard InChI is InChI=1S/C9H15N2O15P3/c12-5-4(2-20-27(17)23-25-29(19)26-24-28(18)22-16)21-7(6(5)13)3-1-10-9(15)11-8(3)14/h1,4-7,12-13,16,18-19,27H,2H2,(H2,10,11,14,15). The van der Waals surface area contributed by atoms with Gasteiger partial charge in [0.25, 0.3) is 5.56 Å². The molecular formula is C9H15N2O15P3. The van der Waals surface area contributed by atoms with Crippen molar-refractivity contribution >= 4 is 25.5 Å². The molecular weight excluding hydrogens is 469 g/mol. The molecule has 20 heteroatoms. The van der Waals surface area contributed by atoms with E-state index in [-0.39, 0.29) is 5.56 Å². The highest BCUT2D eigenvalue weighted by Crippen LogP contribution is 2.44. The average Bonchev–Trinajstić information content (AvgIpc) is 2.97. The lowest BCUT2D eigenvalue weighted by atomic mass is 10.0. The minimum atomic E-state index is -3.43. The normalized spacial score (nSPS) is 27.6. The maximum atomic E-state index is 11.8. The Hall–Kier alpha value is -0.710. The Kier molecular flexibility index (Phi) is 9.84. The van der Waals surface area contributed by atoms with Gasteiger partial charge in [0.1, 0.15) is 24.4 Å². The van der Waals surface area contributed by atoms with Crippen molar-refractivity contribution in [3.8, 4) is 0 Å². The maximum Gasteiger partial charge on any atom is 0.390 e. The van der Waals surface area contributed by atoms with Crippen LogP contribution in [0.25, 0.3) is 0 Å². The van der Waals surface area contributed by atoms with Crippen molar-refractivity contribution in [3.05, 3.63) is 32.6 Å². The number of aromatic nitrogens is 2. The fourth-order valence-electron chi connectivity index (χ4n) is 2.09. The number of nitrogens with one attached hydrogen (secondary N) is 2. The highest BCUT2D eigenvalue weighted by Gasteiger charge is 2.44. The molecule has 1 aromatic heterocycles. The molecule has 2 heterocycles. The summed E-state index contributed by atoms with van der Waals surface area (Å²) in [6.07, 6.45) is -4.65. The third-order valence-electron chi connectivity index (χ3n) is 3.28. The third-order valence-corrected chi connectivity index (χ3v) is 4.91. The number of hydrogen-bond acceptors (Lipinski definition) is 15. The van der Waals surface area contributed by atoms with Gasteiger partial charge in [0.15, 0.2) is 0 Å². The zero-order chi connectivity index (χ0) is 21.6. The highest BCUT2D eigenvalue weighted by atomic mass is 31.2. The van der Waals surface area contributed by atoms with E-state index in [0.717, 1.165) is 6.20 Å². The van der Waals surface area contributed by atoms with Gasteiger partial charge in [-0.25, -0.2) is 10.1 Å². The van der Waals surface area contributed by atoms with Crippen LogP contribution in [0.1, 0.15) is 11.7 Å². The Morgan fingerprint density at radius 1 is 1.14 bits per heavy atom. The molecule has 0 bridgehead atoms. The molecule has 1 aliphatic rings. The van der Waals surface area contributed by atoms with Crippen molar-refractivity contribution in [2.24, 2.45) is 0 Å². The fraction of sp³-hybridized carbons (Fsp3) is 0.556. The first-order valence-electron chi connectivity index (χ1n) is 7.22. The largest absolute Gasteiger partial charge is 0.390 e. The lowest BCUT2D eigenvalue weighted by molar-refractivity contribution is -0.211. The van der Waals surface area contributed by atoms with E-state index in [0.29, 0.717) is 0 Å². The lowest BCUT2D eigenvalue weighted by Gasteiger charge is -2.14. The molecule has 1 aromatic rings. The van der Waals surface area contributed by atoms with E-state index in [4.69, 9.17) is 24.3 Å². The summed E-state index contributed by atoms with van der Waals surface area (Å²) >= 11 is 0. The van der Waals surface area contributed by atoms with Gasteiger partial charge in [0.05, 0.1) is 12.2 Å². The van der Waals surface area contributed by atoms with Crippen molar-refractivity contribution in [2.45, 2.75) is 24.4 Å². The molecule has 0 saturated carbocycles. The van der Waals surface area contributed by atoms with Crippen LogP contribution in [0, 0.1) is 0 Å². The lowest BCUT2D eigenvalue weighted by Crippen LogP contribution is -2.34. The van der Waals surface area contributed by atoms with Crippen LogP contribution in [0.4, 0.5) is 0 Å². The summed E-state index contributed by atoms with van der Waals surface area (Å²) in [5.41, 5.74) is -1.78. The summed E-state index contributed by atoms with van der Waals surface area (Å²) in [5.74, 6) is 0. The van der Waals surface area contributed by atoms with E-state index in [2.05, 4.69) is 28.4 Å². The second-order valence-electron chi connectivity index (χ2n) is 5.03. The van der Waals surface area contributed by atoms with Gasteiger partial charge in [0.2, 0.25) is 0 Å². The summed E-state index contributed by atoms with van der Waals surface area (Å²) in [5, 5.41) is 28.0. The van der Waals surface area contributed by atoms with Crippen LogP contribution in [0.2, 0.25) is 0 Å². The van der Waals surface area contributed by atoms with Gasteiger partial charge in [-0.1, -0.05) is 0 Å². The number of aliphatic hydroxyl groups excluding tert-OH is 2. The van der Waals surface area contributed by atoms with E-state index in [1.54, 1.807) is 0 Å². The smallest absolute Gasteiger partial charge is 0.387 e. The number of ether oxygens (including phenoxy) is 1. The number of hydrogen-bond donors (Lipinski definition) is 7. The summed E-state index contributed by atoms with van der Waals surface area (Å²) in [6.45, 7) is -0.585. The molecule has 1 fully saturated rings. The summed E-state index contributed by atoms with van der Waals surface area (Å²) in [6, 6.07) is 0. The molecule has 29 heavy (non-hydrogen) atoms. The predicted octanol–water partition coefficient (Wildman–Crippen LogP) is -1.54. The topological polar surface area (TPSA) is 249 Å². The van der Waals surface area contributed by atoms with Gasteiger partial charge in [-0.3, -0.25) is 14.3 Å². The molecule has 1 aliphatic heterocycles. The minimum Gasteiger partial charge on any atom is -0.387 e. The Morgan fingerprint density at radius 3 is 2.48 bits per heavy atom. The quantitative estimate of drug-likeness (QED) is 0.107. The molecule has 2 rings (SSSR count). The van der Waals surface area contributed by atoms with E-state index in [1.807, 2.05) is 4.98 Å². The van der Waals surface area contributed by atoms with Crippen LogP contribution in [-0.2, 0) is 37.2 Å². The number of H-pyrrole nitrogens is 2. The predicted molar refractivity (Wildman–Crippen MR) is 88.6 cm³/mol. The zero-order valence-electron chi connectivity index (χ0n) is 13.8. The molecule has 1 saturated heterocycles. The number of aliphatic hydroxyl groups is 2. The Labute approximate surface area is 162 Å². The summed E-state index contributed by atoms with van der Waals surface area (Å²) in [4.78, 5) is 44.7. The van der Waals surface area contributed by atoms with Gasteiger partial charge < -0.3 is 34.2 Å². The van der Waals surface area contributed by atoms with E-state index >= 15 is 0 Å². The Bertz CT molecular complexity index is 789. The molecule has 0 aliphatic carbocycles. The Morgan fingerprint density at radius 2 is 1.83 bits per heavy atom. The van der Waals surface area contributed by atoms with Gasteiger partial charge >= 0.3 is 31.1 Å². The SMILES string of the molecule is O=c1[nH]cc(C2OC(CO[PH](=O)OOP(O)OOP(O)OO)C(O)C2O)c(=O)[nH]1. The molecule has 0 radical (unpaired) electrons. The molecule has 17 nitrogen and oxygen atoms in total. The molecule has 0 spiro atoms. The van der Waals surface area contributed by atoms with Gasteiger partial charge in [-0.05, 0) is 0 Å². The van der Waals surface area contributed by atoms with E-state index in [1.165, 1.54) is 0 Å². The summed E-state index contributed by atoms with van der Waals surface area (Å²) < 4.78 is 41.0. The van der Waals surface area contributed by atoms with E-state index in [9.17, 15) is 24.4 Å². The van der Waals surface area contributed by atoms with Gasteiger partial charge in [0, 0.05) is 6.20 Å². The average molecular weight is 484 g/mol. The molecule has 7 unspecified atom stereocenters. The van der Waals surface area contributed by atoms with Crippen LogP contribution in [0.5, 0.6) is 0 Å². The third kappa shape index (κ3) is 7.18. The minimum absolute atomic E-state index is 0.162. The zero-order valence-corrected chi connectivity index (χ0v) is 16.6. The molecule has 166 valence electrons. The van der Waals surface area contributed by atoms with Crippen LogP contribution >= 0.6 is 25.5 Å². The first kappa shape index (κ1) is 24.6. The molecule has 0 aromatic carbocycles. The Balaban J connectivity index is 1.81. The van der Waals surface area contributed by atoms with Crippen molar-refractivity contribution in [3.63, 3.8) is 0 Å². The van der Waals surface area contributed by atoms with Gasteiger partial charge in [-0.15, -0.1) is 18.7 Å². The summed E-state index contributed by atoms with van der Waals surface area (Å²) in [7, 11) is -9.23. The molecule has 7 N–H and O–H groups in total. The van der Waals surface area contributed by atoms with Crippen molar-refractivity contribution in [1.29, 1.82) is 0 Å². The molecule has 0 amide bonds. The highest BCUT2D eigenvalue weighted by molar-refractivity contribution is 7.43. The first-order valence-corrected chi connectivity index (χ1v) is 10.7. The number of rotatable bonds is 11. The van der Waals surface area contributed by atoms with Crippen LogP contribution < -0.4 is 11.2 Å². The van der Waals surface area contributed by atoms with Crippen molar-refractivity contribution in [2.75, 3.05) is 6.61 Å². The van der Waals surface area contributed by atoms with Crippen LogP contribution in [-0.4, -0.2) is 60.1 Å². The van der Waals surface area contributed by atoms with Crippen molar-refractivity contribution < 1.29 is 62.5 Å². The second-order valence-corrected chi connectivity index (χ2v) is 7.55. The number of aromatic amines is 2. The van der Waals surface area contributed by atoms with Gasteiger partial charge in [-0.2, -0.15) is 4.67 Å². The van der Waals surface area contributed by atoms with Crippen LogP contribution in [0.3, 0.4) is 0 Å². The second kappa shape index (κ2) is 11.6. The van der Waals surface area contributed by atoms with Crippen LogP contribution in [0.15, 0.2) is 15.8 Å². The fourth-order valence-corrected chi connectivity index (χ4v) is 3.45. The maximum absolute atomic E-state index is 11.8. The monoisotopic (exact) mass is 484 g/mol. The van der Waals surface area contributed by atoms with E-state index < -0.39 is 67.7 Å². The molecule has 7 atom stereocenters. The van der Waals surface area contributed by atoms with Crippen molar-refractivity contribution in [1.82, 2.24) is 9.97 Å².